The Morgan fingerprint density at radius 1 is 1.47 bits per heavy atom. The van der Waals surface area contributed by atoms with E-state index in [1.807, 2.05) is 0 Å². The van der Waals surface area contributed by atoms with E-state index in [0.717, 1.165) is 12.8 Å². The van der Waals surface area contributed by atoms with Gasteiger partial charge in [-0.2, -0.15) is 0 Å². The second-order valence-electron chi connectivity index (χ2n) is 4.23. The van der Waals surface area contributed by atoms with Crippen molar-refractivity contribution in [2.45, 2.75) is 18.8 Å². The Balaban J connectivity index is 2.26. The molecule has 0 unspecified atom stereocenters. The number of aromatic amines is 1. The molecule has 0 atom stereocenters. The second kappa shape index (κ2) is 3.55. The molecule has 0 aliphatic heterocycles. The summed E-state index contributed by atoms with van der Waals surface area (Å²) in [7, 11) is 1.40. The summed E-state index contributed by atoms with van der Waals surface area (Å²) in [5.41, 5.74) is 1.29. The van der Waals surface area contributed by atoms with Gasteiger partial charge in [-0.15, -0.1) is 0 Å². The molecule has 17 heavy (non-hydrogen) atoms. The van der Waals surface area contributed by atoms with Crippen molar-refractivity contribution in [2.75, 3.05) is 7.11 Å². The molecular weight excluding hydrogens is 223 g/mol. The van der Waals surface area contributed by atoms with Crippen LogP contribution in [0.2, 0.25) is 0 Å². The van der Waals surface area contributed by atoms with Gasteiger partial charge in [0, 0.05) is 18.1 Å². The minimum absolute atomic E-state index is 0.138. The minimum Gasteiger partial charge on any atom is -0.494 e. The quantitative estimate of drug-likeness (QED) is 0.864. The van der Waals surface area contributed by atoms with Crippen LogP contribution in [0, 0.1) is 5.82 Å². The average Bonchev–Trinajstić information content (AvgIpc) is 3.11. The van der Waals surface area contributed by atoms with E-state index in [0.29, 0.717) is 16.7 Å². The summed E-state index contributed by atoms with van der Waals surface area (Å²) in [4.78, 5) is 18.7. The molecule has 1 saturated carbocycles. The first-order valence-electron chi connectivity index (χ1n) is 5.46. The smallest absolute Gasteiger partial charge is 0.270 e. The van der Waals surface area contributed by atoms with Gasteiger partial charge in [0.05, 0.1) is 18.1 Å². The van der Waals surface area contributed by atoms with Crippen LogP contribution in [0.5, 0.6) is 5.75 Å². The zero-order valence-corrected chi connectivity index (χ0v) is 9.29. The zero-order valence-electron chi connectivity index (χ0n) is 9.29. The fraction of sp³-hybridized carbons (Fsp3) is 0.333. The maximum atomic E-state index is 13.4. The number of rotatable bonds is 2. The maximum absolute atomic E-state index is 13.4. The van der Waals surface area contributed by atoms with E-state index in [4.69, 9.17) is 4.74 Å². The van der Waals surface area contributed by atoms with Gasteiger partial charge in [0.2, 0.25) is 0 Å². The van der Waals surface area contributed by atoms with E-state index in [1.165, 1.54) is 19.2 Å². The van der Waals surface area contributed by atoms with E-state index in [9.17, 15) is 9.18 Å². The summed E-state index contributed by atoms with van der Waals surface area (Å²) >= 11 is 0. The highest BCUT2D eigenvalue weighted by atomic mass is 19.1. The summed E-state index contributed by atoms with van der Waals surface area (Å²) in [6.45, 7) is 0. The fourth-order valence-corrected chi connectivity index (χ4v) is 1.89. The molecule has 0 amide bonds. The van der Waals surface area contributed by atoms with E-state index in [-0.39, 0.29) is 17.2 Å². The molecule has 1 N–H and O–H groups in total. The third-order valence-electron chi connectivity index (χ3n) is 2.96. The van der Waals surface area contributed by atoms with Crippen molar-refractivity contribution < 1.29 is 9.13 Å². The zero-order chi connectivity index (χ0) is 12.0. The molecule has 88 valence electrons. The molecular formula is C12H11FN2O2. The van der Waals surface area contributed by atoms with Crippen LogP contribution in [-0.4, -0.2) is 17.1 Å². The minimum atomic E-state index is -0.503. The van der Waals surface area contributed by atoms with Crippen LogP contribution in [0.25, 0.3) is 11.0 Å². The Morgan fingerprint density at radius 2 is 2.24 bits per heavy atom. The van der Waals surface area contributed by atoms with Crippen LogP contribution >= 0.6 is 0 Å². The maximum Gasteiger partial charge on any atom is 0.270 e. The summed E-state index contributed by atoms with van der Waals surface area (Å²) in [6.07, 6.45) is 2.00. The van der Waals surface area contributed by atoms with Crippen LogP contribution in [-0.2, 0) is 0 Å². The first kappa shape index (κ1) is 10.3. The molecule has 1 aliphatic rings. The highest BCUT2D eigenvalue weighted by molar-refractivity contribution is 5.76. The number of nitrogens with one attached hydrogen (secondary N) is 1. The van der Waals surface area contributed by atoms with Crippen LogP contribution in [0.1, 0.15) is 24.5 Å². The lowest BCUT2D eigenvalue weighted by Gasteiger charge is -2.05. The molecule has 0 saturated heterocycles. The van der Waals surface area contributed by atoms with Crippen molar-refractivity contribution in [3.05, 3.63) is 34.0 Å². The number of halogens is 1. The molecule has 0 bridgehead atoms. The molecule has 3 rings (SSSR count). The second-order valence-corrected chi connectivity index (χ2v) is 4.23. The molecule has 1 aromatic carbocycles. The molecule has 2 aromatic rings. The molecule has 5 heteroatoms. The fourth-order valence-electron chi connectivity index (χ4n) is 1.89. The van der Waals surface area contributed by atoms with Gasteiger partial charge in [-0.3, -0.25) is 4.79 Å². The third kappa shape index (κ3) is 1.67. The van der Waals surface area contributed by atoms with Crippen LogP contribution in [0.3, 0.4) is 0 Å². The van der Waals surface area contributed by atoms with E-state index in [1.54, 1.807) is 0 Å². The van der Waals surface area contributed by atoms with Crippen molar-refractivity contribution in [2.24, 2.45) is 0 Å². The van der Waals surface area contributed by atoms with Gasteiger partial charge in [-0.25, -0.2) is 9.37 Å². The predicted octanol–water partition coefficient (Wildman–Crippen LogP) is 1.95. The highest BCUT2D eigenvalue weighted by Crippen LogP contribution is 2.37. The predicted molar refractivity (Wildman–Crippen MR) is 60.8 cm³/mol. The van der Waals surface area contributed by atoms with Crippen LogP contribution < -0.4 is 10.3 Å². The summed E-state index contributed by atoms with van der Waals surface area (Å²) in [5, 5.41) is 0. The number of nitrogens with zero attached hydrogens (tertiary/aromatic N) is 1. The lowest BCUT2D eigenvalue weighted by molar-refractivity contribution is 0.387. The number of hydrogen-bond acceptors (Lipinski definition) is 3. The Morgan fingerprint density at radius 3 is 2.88 bits per heavy atom. The number of aromatic nitrogens is 2. The van der Waals surface area contributed by atoms with Crippen molar-refractivity contribution >= 4 is 11.0 Å². The highest BCUT2D eigenvalue weighted by Gasteiger charge is 2.28. The summed E-state index contributed by atoms with van der Waals surface area (Å²) in [5.74, 6) is -0.102. The monoisotopic (exact) mass is 234 g/mol. The van der Waals surface area contributed by atoms with Gasteiger partial charge >= 0.3 is 0 Å². The van der Waals surface area contributed by atoms with Crippen LogP contribution in [0.15, 0.2) is 16.9 Å². The van der Waals surface area contributed by atoms with E-state index in [2.05, 4.69) is 9.97 Å². The van der Waals surface area contributed by atoms with Crippen molar-refractivity contribution in [3.8, 4) is 5.75 Å². The lowest BCUT2D eigenvalue weighted by atomic mass is 10.2. The van der Waals surface area contributed by atoms with Crippen molar-refractivity contribution in [1.82, 2.24) is 9.97 Å². The third-order valence-corrected chi connectivity index (χ3v) is 2.96. The number of methoxy groups -OCH3 is 1. The van der Waals surface area contributed by atoms with E-state index < -0.39 is 5.82 Å². The van der Waals surface area contributed by atoms with Crippen molar-refractivity contribution in [1.29, 1.82) is 0 Å². The first-order valence-corrected chi connectivity index (χ1v) is 5.46. The molecule has 1 heterocycles. The van der Waals surface area contributed by atoms with Gasteiger partial charge in [-0.05, 0) is 12.8 Å². The van der Waals surface area contributed by atoms with E-state index >= 15 is 0 Å². The topological polar surface area (TPSA) is 55.0 Å². The molecule has 1 aliphatic carbocycles. The summed E-state index contributed by atoms with van der Waals surface area (Å²) in [6, 6.07) is 2.74. The Hall–Kier alpha value is -1.91. The SMILES string of the molecule is COc1cc2nc(C3CC3)c(=O)[nH]c2cc1F. The summed E-state index contributed by atoms with van der Waals surface area (Å²) < 4.78 is 18.3. The molecule has 4 nitrogen and oxygen atoms in total. The number of benzene rings is 1. The van der Waals surface area contributed by atoms with Gasteiger partial charge < -0.3 is 9.72 Å². The Bertz CT molecular complexity index is 647. The van der Waals surface area contributed by atoms with Gasteiger partial charge in [0.25, 0.3) is 5.56 Å². The number of H-pyrrole nitrogens is 1. The molecule has 0 radical (unpaired) electrons. The first-order chi connectivity index (χ1) is 8.19. The molecule has 0 spiro atoms. The van der Waals surface area contributed by atoms with Gasteiger partial charge in [-0.1, -0.05) is 0 Å². The molecule has 1 fully saturated rings. The Labute approximate surface area is 96.4 Å². The molecule has 1 aromatic heterocycles. The van der Waals surface area contributed by atoms with Gasteiger partial charge in [0.15, 0.2) is 11.6 Å². The average molecular weight is 234 g/mol. The standard InChI is InChI=1S/C12H11FN2O2/c1-17-10-5-9-8(4-7(10)13)15-12(16)11(14-9)6-2-3-6/h4-6H,2-3H2,1H3,(H,15,16). The largest absolute Gasteiger partial charge is 0.494 e. The van der Waals surface area contributed by atoms with Crippen molar-refractivity contribution in [3.63, 3.8) is 0 Å². The lowest BCUT2D eigenvalue weighted by Crippen LogP contribution is -2.14. The van der Waals surface area contributed by atoms with Crippen LogP contribution in [0.4, 0.5) is 4.39 Å². The number of fused-ring (bicyclic) bond motifs is 1. The normalized spacial score (nSPS) is 15.2. The number of ether oxygens (including phenoxy) is 1. The Kier molecular flexibility index (Phi) is 2.14. The number of hydrogen-bond donors (Lipinski definition) is 1. The van der Waals surface area contributed by atoms with Gasteiger partial charge in [0.1, 0.15) is 5.69 Å².